The standard InChI is InChI=1S/C10H13NOS/c1-13-9-4-2-3-8-10(9)7(11)5-6-12-8/h2-4,7H,5-6,11H2,1H3/t7-/m1/s1. The monoisotopic (exact) mass is 195 g/mol. The predicted molar refractivity (Wildman–Crippen MR) is 55.3 cm³/mol. The third-order valence-electron chi connectivity index (χ3n) is 2.30. The number of benzene rings is 1. The van der Waals surface area contributed by atoms with Crippen molar-refractivity contribution >= 4 is 11.8 Å². The number of nitrogens with two attached hydrogens (primary N) is 1. The summed E-state index contributed by atoms with van der Waals surface area (Å²) in [5, 5.41) is 0. The van der Waals surface area contributed by atoms with Crippen molar-refractivity contribution in [2.45, 2.75) is 17.4 Å². The first-order valence-corrected chi connectivity index (χ1v) is 5.60. The lowest BCUT2D eigenvalue weighted by molar-refractivity contribution is 0.266. The highest BCUT2D eigenvalue weighted by Crippen LogP contribution is 2.36. The number of hydrogen-bond donors (Lipinski definition) is 1. The molecule has 3 heteroatoms. The molecule has 0 bridgehead atoms. The van der Waals surface area contributed by atoms with Gasteiger partial charge in [0.05, 0.1) is 6.61 Å². The van der Waals surface area contributed by atoms with Crippen LogP contribution in [-0.2, 0) is 0 Å². The molecular formula is C10H13NOS. The average molecular weight is 195 g/mol. The van der Waals surface area contributed by atoms with Gasteiger partial charge in [0, 0.05) is 22.9 Å². The molecule has 0 fully saturated rings. The molecule has 0 saturated heterocycles. The molecular weight excluding hydrogens is 182 g/mol. The summed E-state index contributed by atoms with van der Waals surface area (Å²) in [6.07, 6.45) is 2.99. The van der Waals surface area contributed by atoms with E-state index < -0.39 is 0 Å². The van der Waals surface area contributed by atoms with Crippen LogP contribution in [0.25, 0.3) is 0 Å². The van der Waals surface area contributed by atoms with Gasteiger partial charge in [-0.1, -0.05) is 6.07 Å². The average Bonchev–Trinajstić information content (AvgIpc) is 2.17. The Kier molecular flexibility index (Phi) is 2.47. The first-order valence-electron chi connectivity index (χ1n) is 4.38. The first kappa shape index (κ1) is 8.91. The minimum atomic E-state index is 0.146. The van der Waals surface area contributed by atoms with Crippen molar-refractivity contribution in [1.82, 2.24) is 0 Å². The molecule has 1 aromatic carbocycles. The molecule has 2 rings (SSSR count). The summed E-state index contributed by atoms with van der Waals surface area (Å²) in [7, 11) is 0. The molecule has 1 aliphatic rings. The highest BCUT2D eigenvalue weighted by Gasteiger charge is 2.20. The minimum absolute atomic E-state index is 0.146. The van der Waals surface area contributed by atoms with Gasteiger partial charge in [-0.25, -0.2) is 0 Å². The Morgan fingerprint density at radius 2 is 2.38 bits per heavy atom. The maximum atomic E-state index is 6.03. The molecule has 1 heterocycles. The minimum Gasteiger partial charge on any atom is -0.493 e. The van der Waals surface area contributed by atoms with Crippen LogP contribution in [-0.4, -0.2) is 12.9 Å². The molecule has 2 nitrogen and oxygen atoms in total. The van der Waals surface area contributed by atoms with E-state index in [-0.39, 0.29) is 6.04 Å². The topological polar surface area (TPSA) is 35.2 Å². The van der Waals surface area contributed by atoms with Gasteiger partial charge in [0.2, 0.25) is 0 Å². The number of thioether (sulfide) groups is 1. The molecule has 0 unspecified atom stereocenters. The van der Waals surface area contributed by atoms with E-state index in [9.17, 15) is 0 Å². The van der Waals surface area contributed by atoms with Crippen molar-refractivity contribution < 1.29 is 4.74 Å². The van der Waals surface area contributed by atoms with Crippen LogP contribution < -0.4 is 10.5 Å². The summed E-state index contributed by atoms with van der Waals surface area (Å²) in [4.78, 5) is 1.24. The second-order valence-electron chi connectivity index (χ2n) is 3.12. The van der Waals surface area contributed by atoms with E-state index in [2.05, 4.69) is 12.3 Å². The summed E-state index contributed by atoms with van der Waals surface area (Å²) in [6.45, 7) is 0.742. The molecule has 0 spiro atoms. The number of ether oxygens (including phenoxy) is 1. The molecule has 0 aromatic heterocycles. The van der Waals surface area contributed by atoms with Gasteiger partial charge in [-0.2, -0.15) is 0 Å². The van der Waals surface area contributed by atoms with E-state index in [1.54, 1.807) is 11.8 Å². The molecule has 1 aromatic rings. The van der Waals surface area contributed by atoms with Crippen LogP contribution in [0.3, 0.4) is 0 Å². The fourth-order valence-electron chi connectivity index (χ4n) is 1.63. The quantitative estimate of drug-likeness (QED) is 0.698. The van der Waals surface area contributed by atoms with Crippen LogP contribution >= 0.6 is 11.8 Å². The predicted octanol–water partition coefficient (Wildman–Crippen LogP) is 2.19. The highest BCUT2D eigenvalue weighted by molar-refractivity contribution is 7.98. The Hall–Kier alpha value is -0.670. The van der Waals surface area contributed by atoms with Crippen LogP contribution in [0, 0.1) is 0 Å². The SMILES string of the molecule is CSc1cccc2c1[C@H](N)CCO2. The molecule has 0 saturated carbocycles. The normalized spacial score (nSPS) is 20.6. The zero-order chi connectivity index (χ0) is 9.26. The zero-order valence-electron chi connectivity index (χ0n) is 7.62. The zero-order valence-corrected chi connectivity index (χ0v) is 8.43. The molecule has 70 valence electrons. The molecule has 1 atom stereocenters. The summed E-state index contributed by atoms with van der Waals surface area (Å²) >= 11 is 1.73. The van der Waals surface area contributed by atoms with Gasteiger partial charge in [-0.05, 0) is 18.4 Å². The van der Waals surface area contributed by atoms with E-state index in [1.807, 2.05) is 12.1 Å². The molecule has 13 heavy (non-hydrogen) atoms. The van der Waals surface area contributed by atoms with E-state index in [1.165, 1.54) is 10.5 Å². The number of rotatable bonds is 1. The van der Waals surface area contributed by atoms with Gasteiger partial charge in [0.1, 0.15) is 5.75 Å². The van der Waals surface area contributed by atoms with Crippen LogP contribution in [0.4, 0.5) is 0 Å². The largest absolute Gasteiger partial charge is 0.493 e. The van der Waals surface area contributed by atoms with Crippen molar-refractivity contribution in [3.63, 3.8) is 0 Å². The summed E-state index contributed by atoms with van der Waals surface area (Å²) < 4.78 is 5.54. The lowest BCUT2D eigenvalue weighted by Crippen LogP contribution is -2.21. The fourth-order valence-corrected chi connectivity index (χ4v) is 2.32. The second-order valence-corrected chi connectivity index (χ2v) is 3.96. The Morgan fingerprint density at radius 1 is 1.54 bits per heavy atom. The molecule has 1 aliphatic heterocycles. The van der Waals surface area contributed by atoms with E-state index >= 15 is 0 Å². The van der Waals surface area contributed by atoms with Gasteiger partial charge in [0.25, 0.3) is 0 Å². The van der Waals surface area contributed by atoms with Crippen molar-refractivity contribution in [2.75, 3.05) is 12.9 Å². The van der Waals surface area contributed by atoms with Crippen molar-refractivity contribution in [3.05, 3.63) is 23.8 Å². The highest BCUT2D eigenvalue weighted by atomic mass is 32.2. The van der Waals surface area contributed by atoms with Crippen LogP contribution in [0.2, 0.25) is 0 Å². The van der Waals surface area contributed by atoms with E-state index in [4.69, 9.17) is 10.5 Å². The summed E-state index contributed by atoms with van der Waals surface area (Å²) in [5.41, 5.74) is 7.21. The van der Waals surface area contributed by atoms with Crippen molar-refractivity contribution in [2.24, 2.45) is 5.73 Å². The summed E-state index contributed by atoms with van der Waals surface area (Å²) in [6, 6.07) is 6.25. The van der Waals surface area contributed by atoms with Crippen LogP contribution in [0.1, 0.15) is 18.0 Å². The van der Waals surface area contributed by atoms with Gasteiger partial charge in [-0.15, -0.1) is 11.8 Å². The Labute approximate surface area is 82.5 Å². The van der Waals surface area contributed by atoms with Crippen molar-refractivity contribution in [1.29, 1.82) is 0 Å². The number of fused-ring (bicyclic) bond motifs is 1. The fraction of sp³-hybridized carbons (Fsp3) is 0.400. The van der Waals surface area contributed by atoms with Crippen molar-refractivity contribution in [3.8, 4) is 5.75 Å². The second kappa shape index (κ2) is 3.60. The van der Waals surface area contributed by atoms with Crippen LogP contribution in [0.5, 0.6) is 5.75 Å². The molecule has 0 aliphatic carbocycles. The molecule has 0 amide bonds. The van der Waals surface area contributed by atoms with E-state index in [0.717, 1.165) is 18.8 Å². The molecule has 2 N–H and O–H groups in total. The Balaban J connectivity index is 2.50. The lowest BCUT2D eigenvalue weighted by Gasteiger charge is -2.24. The molecule has 0 radical (unpaired) electrons. The van der Waals surface area contributed by atoms with Gasteiger partial charge in [0.15, 0.2) is 0 Å². The summed E-state index contributed by atoms with van der Waals surface area (Å²) in [5.74, 6) is 0.964. The Bertz CT molecular complexity index is 300. The first-order chi connectivity index (χ1) is 6.33. The third kappa shape index (κ3) is 1.54. The van der Waals surface area contributed by atoms with E-state index in [0.29, 0.717) is 0 Å². The lowest BCUT2D eigenvalue weighted by atomic mass is 10.0. The van der Waals surface area contributed by atoms with Crippen LogP contribution in [0.15, 0.2) is 23.1 Å². The maximum absolute atomic E-state index is 6.03. The Morgan fingerprint density at radius 3 is 3.15 bits per heavy atom. The maximum Gasteiger partial charge on any atom is 0.125 e. The smallest absolute Gasteiger partial charge is 0.125 e. The van der Waals surface area contributed by atoms with Gasteiger partial charge < -0.3 is 10.5 Å². The van der Waals surface area contributed by atoms with Gasteiger partial charge in [-0.3, -0.25) is 0 Å². The van der Waals surface area contributed by atoms with Gasteiger partial charge >= 0.3 is 0 Å². The number of hydrogen-bond acceptors (Lipinski definition) is 3. The third-order valence-corrected chi connectivity index (χ3v) is 3.10.